The topological polar surface area (TPSA) is 23.5 Å². The molecule has 1 heterocycles. The Hall–Kier alpha value is -0.0800. The molecule has 1 saturated heterocycles. The second-order valence-electron chi connectivity index (χ2n) is 7.47. The van der Waals surface area contributed by atoms with E-state index in [2.05, 4.69) is 25.7 Å². The van der Waals surface area contributed by atoms with Crippen molar-refractivity contribution >= 4 is 0 Å². The Morgan fingerprint density at radius 1 is 1.18 bits per heavy atom. The molecule has 0 bridgehead atoms. The lowest BCUT2D eigenvalue weighted by molar-refractivity contribution is 0.0336. The largest absolute Gasteiger partial charge is 0.396 e. The molecule has 0 aromatic rings. The number of nitrogens with zero attached hydrogens (tertiary/aromatic N) is 1. The van der Waals surface area contributed by atoms with Crippen molar-refractivity contribution in [3.05, 3.63) is 0 Å². The summed E-state index contributed by atoms with van der Waals surface area (Å²) in [4.78, 5) is 2.59. The van der Waals surface area contributed by atoms with E-state index in [1.807, 2.05) is 0 Å². The van der Waals surface area contributed by atoms with Crippen molar-refractivity contribution in [2.45, 2.75) is 52.9 Å². The van der Waals surface area contributed by atoms with E-state index < -0.39 is 0 Å². The van der Waals surface area contributed by atoms with E-state index in [1.54, 1.807) is 0 Å². The van der Waals surface area contributed by atoms with E-state index in [1.165, 1.54) is 45.2 Å². The maximum atomic E-state index is 9.79. The molecule has 2 aliphatic rings. The van der Waals surface area contributed by atoms with Gasteiger partial charge in [-0.3, -0.25) is 0 Å². The summed E-state index contributed by atoms with van der Waals surface area (Å²) in [6.45, 7) is 11.0. The van der Waals surface area contributed by atoms with Crippen LogP contribution in [0.4, 0.5) is 0 Å². The maximum Gasteiger partial charge on any atom is 0.0499 e. The quantitative estimate of drug-likeness (QED) is 0.818. The molecule has 0 amide bonds. The Labute approximate surface area is 106 Å². The van der Waals surface area contributed by atoms with Crippen molar-refractivity contribution in [2.75, 3.05) is 26.2 Å². The Balaban J connectivity index is 1.91. The Kier molecular flexibility index (Phi) is 3.84. The van der Waals surface area contributed by atoms with Crippen molar-refractivity contribution in [1.82, 2.24) is 4.90 Å². The van der Waals surface area contributed by atoms with Crippen molar-refractivity contribution in [1.29, 1.82) is 0 Å². The van der Waals surface area contributed by atoms with E-state index in [0.717, 1.165) is 12.5 Å². The molecule has 2 rings (SSSR count). The number of likely N-dealkylation sites (tertiary alicyclic amines) is 1. The lowest BCUT2D eigenvalue weighted by Crippen LogP contribution is -2.42. The molecule has 1 N–H and O–H groups in total. The predicted octanol–water partition coefficient (Wildman–Crippen LogP) is 2.91. The molecular formula is C15H29NO. The highest BCUT2D eigenvalue weighted by Gasteiger charge is 2.38. The van der Waals surface area contributed by atoms with Crippen LogP contribution >= 0.6 is 0 Å². The number of hydrogen-bond acceptors (Lipinski definition) is 2. The average molecular weight is 239 g/mol. The third-order valence-corrected chi connectivity index (χ3v) is 4.99. The Morgan fingerprint density at radius 2 is 1.82 bits per heavy atom. The van der Waals surface area contributed by atoms with Crippen molar-refractivity contribution in [3.63, 3.8) is 0 Å². The molecule has 0 radical (unpaired) electrons. The van der Waals surface area contributed by atoms with Gasteiger partial charge in [-0.2, -0.15) is 0 Å². The summed E-state index contributed by atoms with van der Waals surface area (Å²) in [5.41, 5.74) is 0.700. The zero-order valence-corrected chi connectivity index (χ0v) is 11.8. The molecule has 100 valence electrons. The molecule has 1 saturated carbocycles. The van der Waals surface area contributed by atoms with Crippen LogP contribution in [0, 0.1) is 16.7 Å². The van der Waals surface area contributed by atoms with E-state index in [-0.39, 0.29) is 5.41 Å². The molecule has 17 heavy (non-hydrogen) atoms. The van der Waals surface area contributed by atoms with Crippen LogP contribution < -0.4 is 0 Å². The van der Waals surface area contributed by atoms with Gasteiger partial charge in [-0.25, -0.2) is 0 Å². The predicted molar refractivity (Wildman–Crippen MR) is 72.0 cm³/mol. The highest BCUT2D eigenvalue weighted by Crippen LogP contribution is 2.41. The SMILES string of the molecule is CC1CCC(CO)(CN2CCC(C)(C)C2)CC1. The summed E-state index contributed by atoms with van der Waals surface area (Å²) >= 11 is 0. The van der Waals surface area contributed by atoms with Crippen molar-refractivity contribution in [2.24, 2.45) is 16.7 Å². The first-order valence-corrected chi connectivity index (χ1v) is 7.28. The third kappa shape index (κ3) is 3.23. The summed E-state index contributed by atoms with van der Waals surface area (Å²) in [5.74, 6) is 0.865. The Bertz CT molecular complexity index is 254. The molecule has 2 fully saturated rings. The fourth-order valence-corrected chi connectivity index (χ4v) is 3.57. The molecule has 1 aliphatic carbocycles. The smallest absolute Gasteiger partial charge is 0.0499 e. The van der Waals surface area contributed by atoms with Gasteiger partial charge in [0.25, 0.3) is 0 Å². The fraction of sp³-hybridized carbons (Fsp3) is 1.00. The summed E-state index contributed by atoms with van der Waals surface area (Å²) in [6, 6.07) is 0. The average Bonchev–Trinajstić information content (AvgIpc) is 2.62. The van der Waals surface area contributed by atoms with E-state index in [4.69, 9.17) is 0 Å². The van der Waals surface area contributed by atoms with Crippen LogP contribution in [0.1, 0.15) is 52.9 Å². The first-order valence-electron chi connectivity index (χ1n) is 7.28. The zero-order valence-electron chi connectivity index (χ0n) is 11.8. The summed E-state index contributed by atoms with van der Waals surface area (Å²) < 4.78 is 0. The number of aliphatic hydroxyl groups excluding tert-OH is 1. The second kappa shape index (κ2) is 4.89. The van der Waals surface area contributed by atoms with Crippen LogP contribution in [0.2, 0.25) is 0 Å². The van der Waals surface area contributed by atoms with Gasteiger partial charge in [0.15, 0.2) is 0 Å². The Morgan fingerprint density at radius 3 is 2.29 bits per heavy atom. The van der Waals surface area contributed by atoms with Crippen LogP contribution in [0.3, 0.4) is 0 Å². The third-order valence-electron chi connectivity index (χ3n) is 4.99. The van der Waals surface area contributed by atoms with Gasteiger partial charge >= 0.3 is 0 Å². The summed E-state index contributed by atoms with van der Waals surface area (Å²) in [7, 11) is 0. The molecule has 0 atom stereocenters. The number of hydrogen-bond donors (Lipinski definition) is 1. The van der Waals surface area contributed by atoms with Gasteiger partial charge in [0.2, 0.25) is 0 Å². The van der Waals surface area contributed by atoms with Crippen LogP contribution in [-0.2, 0) is 0 Å². The first-order chi connectivity index (χ1) is 7.95. The van der Waals surface area contributed by atoms with Gasteiger partial charge in [-0.1, -0.05) is 33.6 Å². The van der Waals surface area contributed by atoms with Gasteiger partial charge in [0.05, 0.1) is 0 Å². The number of rotatable bonds is 3. The van der Waals surface area contributed by atoms with E-state index in [9.17, 15) is 5.11 Å². The minimum absolute atomic E-state index is 0.215. The lowest BCUT2D eigenvalue weighted by Gasteiger charge is -2.41. The molecule has 2 nitrogen and oxygen atoms in total. The second-order valence-corrected chi connectivity index (χ2v) is 7.47. The minimum atomic E-state index is 0.215. The normalized spacial score (nSPS) is 38.5. The van der Waals surface area contributed by atoms with Crippen molar-refractivity contribution < 1.29 is 5.11 Å². The highest BCUT2D eigenvalue weighted by molar-refractivity contribution is 4.91. The van der Waals surface area contributed by atoms with Gasteiger partial charge in [0.1, 0.15) is 0 Å². The standard InChI is InChI=1S/C15H29NO/c1-13-4-6-15(12-17,7-5-13)11-16-9-8-14(2,3)10-16/h13,17H,4-12H2,1-3H3. The van der Waals surface area contributed by atoms with Gasteiger partial charge in [0, 0.05) is 25.1 Å². The highest BCUT2D eigenvalue weighted by atomic mass is 16.3. The van der Waals surface area contributed by atoms with Crippen LogP contribution in [0.25, 0.3) is 0 Å². The summed E-state index contributed by atoms with van der Waals surface area (Å²) in [5, 5.41) is 9.79. The van der Waals surface area contributed by atoms with Gasteiger partial charge < -0.3 is 10.0 Å². The first kappa shape index (κ1) is 13.4. The molecule has 1 aliphatic heterocycles. The zero-order chi connectivity index (χ0) is 12.5. The molecule has 0 aromatic carbocycles. The molecule has 0 aromatic heterocycles. The van der Waals surface area contributed by atoms with Gasteiger partial charge in [-0.15, -0.1) is 0 Å². The van der Waals surface area contributed by atoms with Crippen LogP contribution in [-0.4, -0.2) is 36.2 Å². The molecule has 0 unspecified atom stereocenters. The summed E-state index contributed by atoms with van der Waals surface area (Å²) in [6.07, 6.45) is 6.36. The van der Waals surface area contributed by atoms with Crippen LogP contribution in [0.5, 0.6) is 0 Å². The van der Waals surface area contributed by atoms with Gasteiger partial charge in [-0.05, 0) is 37.1 Å². The van der Waals surface area contributed by atoms with Crippen LogP contribution in [0.15, 0.2) is 0 Å². The molecule has 0 spiro atoms. The maximum absolute atomic E-state index is 9.79. The molecule has 2 heteroatoms. The van der Waals surface area contributed by atoms with Crippen molar-refractivity contribution in [3.8, 4) is 0 Å². The number of aliphatic hydroxyl groups is 1. The van der Waals surface area contributed by atoms with E-state index in [0.29, 0.717) is 12.0 Å². The fourth-order valence-electron chi connectivity index (χ4n) is 3.57. The van der Waals surface area contributed by atoms with E-state index >= 15 is 0 Å². The lowest BCUT2D eigenvalue weighted by atomic mass is 9.71. The minimum Gasteiger partial charge on any atom is -0.396 e. The molecular weight excluding hydrogens is 210 g/mol. The monoisotopic (exact) mass is 239 g/mol.